The van der Waals surface area contributed by atoms with Crippen LogP contribution >= 0.6 is 27.5 Å². The molecule has 0 spiro atoms. The quantitative estimate of drug-likeness (QED) is 0.773. The van der Waals surface area contributed by atoms with Crippen LogP contribution in [0.5, 0.6) is 5.75 Å². The predicted molar refractivity (Wildman–Crippen MR) is 70.5 cm³/mol. The first-order valence-corrected chi connectivity index (χ1v) is 6.53. The summed E-state index contributed by atoms with van der Waals surface area (Å²) in [6.45, 7) is 3.96. The van der Waals surface area contributed by atoms with Gasteiger partial charge in [-0.25, -0.2) is 4.79 Å². The van der Waals surface area contributed by atoms with Crippen molar-refractivity contribution in [2.75, 3.05) is 6.61 Å². The lowest BCUT2D eigenvalue weighted by molar-refractivity contribution is -0.151. The second-order valence-electron chi connectivity index (χ2n) is 3.34. The maximum atomic E-state index is 11.6. The van der Waals surface area contributed by atoms with Crippen molar-refractivity contribution in [1.82, 2.24) is 0 Å². The molecule has 0 amide bonds. The van der Waals surface area contributed by atoms with Crippen molar-refractivity contribution in [3.8, 4) is 5.75 Å². The smallest absolute Gasteiger partial charge is 0.347 e. The van der Waals surface area contributed by atoms with Gasteiger partial charge in [-0.05, 0) is 31.5 Å². The molecular weight excluding hydrogens is 307 g/mol. The van der Waals surface area contributed by atoms with Crippen molar-refractivity contribution in [3.05, 3.63) is 27.7 Å². The third-order valence-corrected chi connectivity index (χ3v) is 2.87. The van der Waals surface area contributed by atoms with E-state index in [2.05, 4.69) is 15.9 Å². The normalized spacial score (nSPS) is 12.0. The summed E-state index contributed by atoms with van der Waals surface area (Å²) in [5.41, 5.74) is 0. The zero-order valence-electron chi connectivity index (χ0n) is 9.70. The first-order valence-electron chi connectivity index (χ1n) is 5.36. The van der Waals surface area contributed by atoms with E-state index >= 15 is 0 Å². The molecule has 3 nitrogen and oxygen atoms in total. The number of benzene rings is 1. The van der Waals surface area contributed by atoms with E-state index in [1.807, 2.05) is 6.92 Å². The maximum Gasteiger partial charge on any atom is 0.347 e. The van der Waals surface area contributed by atoms with Crippen molar-refractivity contribution < 1.29 is 14.3 Å². The molecule has 0 saturated carbocycles. The molecule has 0 fully saturated rings. The molecule has 0 aliphatic rings. The predicted octanol–water partition coefficient (Wildman–Crippen LogP) is 3.82. The lowest BCUT2D eigenvalue weighted by Crippen LogP contribution is -2.28. The minimum Gasteiger partial charge on any atom is -0.477 e. The fourth-order valence-corrected chi connectivity index (χ4v) is 1.98. The third kappa shape index (κ3) is 4.21. The first-order chi connectivity index (χ1) is 8.08. The van der Waals surface area contributed by atoms with Crippen LogP contribution in [0.25, 0.3) is 0 Å². The van der Waals surface area contributed by atoms with Crippen LogP contribution in [-0.4, -0.2) is 18.7 Å². The van der Waals surface area contributed by atoms with Crippen LogP contribution < -0.4 is 4.74 Å². The van der Waals surface area contributed by atoms with Gasteiger partial charge in [-0.2, -0.15) is 0 Å². The Morgan fingerprint density at radius 2 is 2.18 bits per heavy atom. The SMILES string of the molecule is CCOC(=O)C(CC)Oc1ccc(Br)cc1Cl. The summed E-state index contributed by atoms with van der Waals surface area (Å²) < 4.78 is 11.3. The van der Waals surface area contributed by atoms with Gasteiger partial charge in [0.1, 0.15) is 5.75 Å². The van der Waals surface area contributed by atoms with Gasteiger partial charge in [-0.15, -0.1) is 0 Å². The second-order valence-corrected chi connectivity index (χ2v) is 4.66. The average Bonchev–Trinajstić information content (AvgIpc) is 2.28. The summed E-state index contributed by atoms with van der Waals surface area (Å²) >= 11 is 9.31. The largest absolute Gasteiger partial charge is 0.477 e. The van der Waals surface area contributed by atoms with Crippen LogP contribution in [0.4, 0.5) is 0 Å². The highest BCUT2D eigenvalue weighted by atomic mass is 79.9. The van der Waals surface area contributed by atoms with Crippen molar-refractivity contribution in [2.24, 2.45) is 0 Å². The zero-order valence-corrected chi connectivity index (χ0v) is 12.0. The minimum absolute atomic E-state index is 0.340. The van der Waals surface area contributed by atoms with Gasteiger partial charge < -0.3 is 9.47 Å². The van der Waals surface area contributed by atoms with Crippen LogP contribution in [0.3, 0.4) is 0 Å². The highest BCUT2D eigenvalue weighted by Crippen LogP contribution is 2.29. The number of hydrogen-bond acceptors (Lipinski definition) is 3. The molecule has 1 rings (SSSR count). The minimum atomic E-state index is -0.617. The number of carbonyl (C=O) groups is 1. The van der Waals surface area contributed by atoms with Crippen molar-refractivity contribution in [3.63, 3.8) is 0 Å². The summed E-state index contributed by atoms with van der Waals surface area (Å²) in [6, 6.07) is 5.24. The van der Waals surface area contributed by atoms with Gasteiger partial charge in [-0.3, -0.25) is 0 Å². The van der Waals surface area contributed by atoms with Crippen LogP contribution in [0, 0.1) is 0 Å². The Labute approximate surface area is 114 Å². The fraction of sp³-hybridized carbons (Fsp3) is 0.417. The molecule has 0 aromatic heterocycles. The molecule has 0 saturated heterocycles. The number of carbonyl (C=O) groups excluding carboxylic acids is 1. The monoisotopic (exact) mass is 320 g/mol. The molecule has 94 valence electrons. The van der Waals surface area contributed by atoms with Gasteiger partial charge >= 0.3 is 5.97 Å². The van der Waals surface area contributed by atoms with E-state index in [0.717, 1.165) is 4.47 Å². The molecule has 0 aliphatic carbocycles. The molecule has 1 unspecified atom stereocenters. The third-order valence-electron chi connectivity index (χ3n) is 2.08. The highest BCUT2D eigenvalue weighted by molar-refractivity contribution is 9.10. The van der Waals surface area contributed by atoms with E-state index < -0.39 is 6.10 Å². The Morgan fingerprint density at radius 1 is 1.47 bits per heavy atom. The Kier molecular flexibility index (Phi) is 5.78. The lowest BCUT2D eigenvalue weighted by atomic mass is 10.2. The van der Waals surface area contributed by atoms with Gasteiger partial charge in [0.15, 0.2) is 6.10 Å². The van der Waals surface area contributed by atoms with Gasteiger partial charge in [-0.1, -0.05) is 34.5 Å². The van der Waals surface area contributed by atoms with E-state index in [4.69, 9.17) is 21.1 Å². The second kappa shape index (κ2) is 6.87. The lowest BCUT2D eigenvalue weighted by Gasteiger charge is -2.16. The van der Waals surface area contributed by atoms with Crippen LogP contribution in [0.1, 0.15) is 20.3 Å². The standard InChI is InChI=1S/C12H14BrClO3/c1-3-10(12(15)16-4-2)17-11-6-5-8(13)7-9(11)14/h5-7,10H,3-4H2,1-2H3. The van der Waals surface area contributed by atoms with E-state index in [1.165, 1.54) is 0 Å². The molecule has 0 aliphatic heterocycles. The van der Waals surface area contributed by atoms with Gasteiger partial charge in [0.2, 0.25) is 0 Å². The summed E-state index contributed by atoms with van der Waals surface area (Å²) in [5, 5.41) is 0.460. The molecule has 1 aromatic carbocycles. The molecule has 17 heavy (non-hydrogen) atoms. The topological polar surface area (TPSA) is 35.5 Å². The van der Waals surface area contributed by atoms with Crippen LogP contribution in [0.15, 0.2) is 22.7 Å². The number of esters is 1. The van der Waals surface area contributed by atoms with Gasteiger partial charge in [0.05, 0.1) is 11.6 Å². The van der Waals surface area contributed by atoms with E-state index in [1.54, 1.807) is 25.1 Å². The summed E-state index contributed by atoms with van der Waals surface area (Å²) in [6.07, 6.45) is -0.0841. The van der Waals surface area contributed by atoms with Crippen LogP contribution in [-0.2, 0) is 9.53 Å². The molecular formula is C12H14BrClO3. The first kappa shape index (κ1) is 14.3. The maximum absolute atomic E-state index is 11.6. The fourth-order valence-electron chi connectivity index (χ4n) is 1.26. The van der Waals surface area contributed by atoms with Crippen LogP contribution in [0.2, 0.25) is 5.02 Å². The molecule has 0 N–H and O–H groups in total. The Bertz CT molecular complexity index is 395. The molecule has 1 atom stereocenters. The van der Waals surface area contributed by atoms with Crippen molar-refractivity contribution >= 4 is 33.5 Å². The molecule has 0 bridgehead atoms. The van der Waals surface area contributed by atoms with E-state index in [-0.39, 0.29) is 5.97 Å². The Balaban J connectivity index is 2.77. The Hall–Kier alpha value is -0.740. The molecule has 1 aromatic rings. The average molecular weight is 322 g/mol. The summed E-state index contributed by atoms with van der Waals surface area (Å²) in [4.78, 5) is 11.6. The Morgan fingerprint density at radius 3 is 2.71 bits per heavy atom. The number of rotatable bonds is 5. The van der Waals surface area contributed by atoms with E-state index in [0.29, 0.717) is 23.8 Å². The molecule has 0 heterocycles. The summed E-state index contributed by atoms with van der Waals surface area (Å²) in [7, 11) is 0. The molecule has 5 heteroatoms. The number of hydrogen-bond donors (Lipinski definition) is 0. The molecule has 0 radical (unpaired) electrons. The van der Waals surface area contributed by atoms with Crippen molar-refractivity contribution in [2.45, 2.75) is 26.4 Å². The number of ether oxygens (including phenoxy) is 2. The van der Waals surface area contributed by atoms with Gasteiger partial charge in [0.25, 0.3) is 0 Å². The van der Waals surface area contributed by atoms with Gasteiger partial charge in [0, 0.05) is 4.47 Å². The zero-order chi connectivity index (χ0) is 12.8. The van der Waals surface area contributed by atoms with E-state index in [9.17, 15) is 4.79 Å². The number of halogens is 2. The van der Waals surface area contributed by atoms with Crippen molar-refractivity contribution in [1.29, 1.82) is 0 Å². The summed E-state index contributed by atoms with van der Waals surface area (Å²) in [5.74, 6) is 0.115. The highest BCUT2D eigenvalue weighted by Gasteiger charge is 2.20.